The smallest absolute Gasteiger partial charge is 0.231 e. The number of ether oxygens (including phenoxy) is 2. The van der Waals surface area contributed by atoms with Gasteiger partial charge in [-0.2, -0.15) is 0 Å². The van der Waals surface area contributed by atoms with Gasteiger partial charge in [0, 0.05) is 5.54 Å². The van der Waals surface area contributed by atoms with Crippen molar-refractivity contribution in [2.24, 2.45) is 11.1 Å². The first-order valence-corrected chi connectivity index (χ1v) is 6.88. The van der Waals surface area contributed by atoms with E-state index in [2.05, 4.69) is 12.1 Å². The van der Waals surface area contributed by atoms with Crippen molar-refractivity contribution in [3.05, 3.63) is 23.8 Å². The molecule has 0 amide bonds. The van der Waals surface area contributed by atoms with E-state index in [-0.39, 0.29) is 5.54 Å². The van der Waals surface area contributed by atoms with Crippen molar-refractivity contribution >= 4 is 0 Å². The lowest BCUT2D eigenvalue weighted by atomic mass is 9.54. The number of nitrogens with two attached hydrogens (primary N) is 1. The highest BCUT2D eigenvalue weighted by atomic mass is 16.7. The third-order valence-electron chi connectivity index (χ3n) is 4.99. The lowest BCUT2D eigenvalue weighted by Crippen LogP contribution is -2.54. The molecule has 4 rings (SSSR count). The number of hydrogen-bond donors (Lipinski definition) is 1. The van der Waals surface area contributed by atoms with Crippen molar-refractivity contribution in [2.45, 2.75) is 44.1 Å². The number of hydrogen-bond acceptors (Lipinski definition) is 3. The van der Waals surface area contributed by atoms with Crippen LogP contribution in [0.5, 0.6) is 11.5 Å². The van der Waals surface area contributed by atoms with Crippen molar-refractivity contribution in [3.8, 4) is 11.5 Å². The zero-order valence-electron chi connectivity index (χ0n) is 10.6. The molecule has 2 aliphatic carbocycles. The maximum atomic E-state index is 6.58. The van der Waals surface area contributed by atoms with E-state index in [9.17, 15) is 0 Å². The van der Waals surface area contributed by atoms with Crippen LogP contribution in [0.15, 0.2) is 18.2 Å². The first-order valence-electron chi connectivity index (χ1n) is 6.88. The van der Waals surface area contributed by atoms with Gasteiger partial charge >= 0.3 is 0 Å². The molecule has 1 heterocycles. The lowest BCUT2D eigenvalue weighted by molar-refractivity contribution is 0.0311. The Hall–Kier alpha value is -1.22. The van der Waals surface area contributed by atoms with Gasteiger partial charge in [-0.3, -0.25) is 0 Å². The van der Waals surface area contributed by atoms with Gasteiger partial charge in [0.25, 0.3) is 0 Å². The van der Waals surface area contributed by atoms with Crippen molar-refractivity contribution in [3.63, 3.8) is 0 Å². The fraction of sp³-hybridized carbons (Fsp3) is 0.600. The standard InChI is InChI=1S/C15H19NO2/c16-15(8-14(9-15)5-1-2-6-14)11-3-4-12-13(7-11)18-10-17-12/h3-4,7H,1-2,5-6,8-10,16H2. The summed E-state index contributed by atoms with van der Waals surface area (Å²) in [5.41, 5.74) is 8.22. The monoisotopic (exact) mass is 245 g/mol. The predicted octanol–water partition coefficient (Wildman–Crippen LogP) is 2.92. The summed E-state index contributed by atoms with van der Waals surface area (Å²) in [5, 5.41) is 0. The first kappa shape index (κ1) is 10.7. The molecule has 1 aliphatic heterocycles. The molecular weight excluding hydrogens is 226 g/mol. The number of benzene rings is 1. The van der Waals surface area contributed by atoms with Gasteiger partial charge in [-0.1, -0.05) is 18.9 Å². The molecule has 3 aliphatic rings. The second-order valence-electron chi connectivity index (χ2n) is 6.28. The minimum atomic E-state index is -0.134. The molecule has 0 aromatic heterocycles. The second-order valence-corrected chi connectivity index (χ2v) is 6.28. The largest absolute Gasteiger partial charge is 0.454 e. The molecule has 2 fully saturated rings. The average Bonchev–Trinajstić information content (AvgIpc) is 2.95. The van der Waals surface area contributed by atoms with Crippen LogP contribution in [0.4, 0.5) is 0 Å². The molecule has 0 atom stereocenters. The van der Waals surface area contributed by atoms with Gasteiger partial charge in [-0.25, -0.2) is 0 Å². The Morgan fingerprint density at radius 1 is 1.00 bits per heavy atom. The highest BCUT2D eigenvalue weighted by Crippen LogP contribution is 2.61. The fourth-order valence-electron chi connectivity index (χ4n) is 4.18. The molecule has 0 saturated heterocycles. The Morgan fingerprint density at radius 3 is 2.50 bits per heavy atom. The molecule has 3 nitrogen and oxygen atoms in total. The SMILES string of the molecule is NC1(c2ccc3c(c2)OCO3)CC2(CCCC2)C1. The minimum absolute atomic E-state index is 0.134. The fourth-order valence-corrected chi connectivity index (χ4v) is 4.18. The van der Waals surface area contributed by atoms with E-state index in [4.69, 9.17) is 15.2 Å². The molecule has 1 aromatic carbocycles. The molecule has 2 N–H and O–H groups in total. The van der Waals surface area contributed by atoms with Crippen LogP contribution in [0, 0.1) is 5.41 Å². The molecule has 18 heavy (non-hydrogen) atoms. The first-order chi connectivity index (χ1) is 8.69. The van der Waals surface area contributed by atoms with Crippen LogP contribution in [0.1, 0.15) is 44.1 Å². The van der Waals surface area contributed by atoms with E-state index >= 15 is 0 Å². The summed E-state index contributed by atoms with van der Waals surface area (Å²) in [6, 6.07) is 6.17. The van der Waals surface area contributed by atoms with Gasteiger partial charge < -0.3 is 15.2 Å². The maximum absolute atomic E-state index is 6.58. The summed E-state index contributed by atoms with van der Waals surface area (Å²) < 4.78 is 10.8. The van der Waals surface area contributed by atoms with Crippen molar-refractivity contribution in [1.82, 2.24) is 0 Å². The zero-order chi connectivity index (χ0) is 12.2. The van der Waals surface area contributed by atoms with Crippen LogP contribution in [-0.2, 0) is 5.54 Å². The third-order valence-corrected chi connectivity index (χ3v) is 4.99. The van der Waals surface area contributed by atoms with Crippen LogP contribution in [0.25, 0.3) is 0 Å². The van der Waals surface area contributed by atoms with Crippen molar-refractivity contribution < 1.29 is 9.47 Å². The third kappa shape index (κ3) is 1.40. The van der Waals surface area contributed by atoms with Crippen LogP contribution < -0.4 is 15.2 Å². The molecule has 3 heteroatoms. The molecule has 0 unspecified atom stereocenters. The topological polar surface area (TPSA) is 44.5 Å². The average molecular weight is 245 g/mol. The van der Waals surface area contributed by atoms with E-state index in [1.165, 1.54) is 31.2 Å². The van der Waals surface area contributed by atoms with E-state index in [1.807, 2.05) is 6.07 Å². The van der Waals surface area contributed by atoms with Crippen LogP contribution in [0.2, 0.25) is 0 Å². The summed E-state index contributed by atoms with van der Waals surface area (Å²) in [6.07, 6.45) is 7.79. The Bertz CT molecular complexity index is 483. The summed E-state index contributed by atoms with van der Waals surface area (Å²) in [4.78, 5) is 0. The molecule has 0 radical (unpaired) electrons. The summed E-state index contributed by atoms with van der Waals surface area (Å²) in [6.45, 7) is 0.334. The van der Waals surface area contributed by atoms with E-state index < -0.39 is 0 Å². The maximum Gasteiger partial charge on any atom is 0.231 e. The minimum Gasteiger partial charge on any atom is -0.454 e. The van der Waals surface area contributed by atoms with E-state index in [0.29, 0.717) is 12.2 Å². The normalized spacial score (nSPS) is 26.3. The van der Waals surface area contributed by atoms with E-state index in [1.54, 1.807) is 0 Å². The number of rotatable bonds is 1. The van der Waals surface area contributed by atoms with Crippen LogP contribution in [-0.4, -0.2) is 6.79 Å². The van der Waals surface area contributed by atoms with Gasteiger partial charge in [-0.05, 0) is 48.8 Å². The van der Waals surface area contributed by atoms with Gasteiger partial charge in [0.2, 0.25) is 6.79 Å². The van der Waals surface area contributed by atoms with Gasteiger partial charge in [0.05, 0.1) is 0 Å². The van der Waals surface area contributed by atoms with Crippen molar-refractivity contribution in [2.75, 3.05) is 6.79 Å². The molecule has 1 spiro atoms. The summed E-state index contributed by atoms with van der Waals surface area (Å²) in [7, 11) is 0. The molecule has 2 saturated carbocycles. The van der Waals surface area contributed by atoms with Gasteiger partial charge in [0.15, 0.2) is 11.5 Å². The van der Waals surface area contributed by atoms with E-state index in [0.717, 1.165) is 24.3 Å². The van der Waals surface area contributed by atoms with Crippen molar-refractivity contribution in [1.29, 1.82) is 0 Å². The Kier molecular flexibility index (Phi) is 2.03. The highest BCUT2D eigenvalue weighted by Gasteiger charge is 2.54. The molecule has 1 aromatic rings. The van der Waals surface area contributed by atoms with Crippen LogP contribution >= 0.6 is 0 Å². The van der Waals surface area contributed by atoms with Crippen LogP contribution in [0.3, 0.4) is 0 Å². The second kappa shape index (κ2) is 3.41. The molecule has 96 valence electrons. The Labute approximate surface area is 107 Å². The Balaban J connectivity index is 1.60. The van der Waals surface area contributed by atoms with Gasteiger partial charge in [0.1, 0.15) is 0 Å². The zero-order valence-corrected chi connectivity index (χ0v) is 10.6. The molecule has 0 bridgehead atoms. The van der Waals surface area contributed by atoms with Gasteiger partial charge in [-0.15, -0.1) is 0 Å². The molecular formula is C15H19NO2. The highest BCUT2D eigenvalue weighted by molar-refractivity contribution is 5.47. The number of fused-ring (bicyclic) bond motifs is 1. The Morgan fingerprint density at radius 2 is 1.72 bits per heavy atom. The quantitative estimate of drug-likeness (QED) is 0.827. The summed E-state index contributed by atoms with van der Waals surface area (Å²) in [5.74, 6) is 1.70. The lowest BCUT2D eigenvalue weighted by Gasteiger charge is -2.53. The predicted molar refractivity (Wildman–Crippen MR) is 68.6 cm³/mol. The summed E-state index contributed by atoms with van der Waals surface area (Å²) >= 11 is 0.